The zero-order valence-corrected chi connectivity index (χ0v) is 10.4. The highest BCUT2D eigenvalue weighted by Gasteiger charge is 2.24. The van der Waals surface area contributed by atoms with E-state index in [2.05, 4.69) is 11.1 Å². The number of nitrogens with zero attached hydrogens (tertiary/aromatic N) is 1. The van der Waals surface area contributed by atoms with Gasteiger partial charge in [0.2, 0.25) is 0 Å². The SMILES string of the molecule is N#CC1CCc2[nH]cc(C(=O)CCCCl)c2C1. The minimum Gasteiger partial charge on any atom is -0.364 e. The number of H-pyrrole nitrogens is 1. The van der Waals surface area contributed by atoms with Crippen LogP contribution < -0.4 is 0 Å². The normalized spacial score (nSPS) is 18.5. The van der Waals surface area contributed by atoms with E-state index in [9.17, 15) is 4.79 Å². The highest BCUT2D eigenvalue weighted by molar-refractivity contribution is 6.18. The van der Waals surface area contributed by atoms with Crippen LogP contribution in [0.1, 0.15) is 40.9 Å². The van der Waals surface area contributed by atoms with Gasteiger partial charge in [0, 0.05) is 29.8 Å². The monoisotopic (exact) mass is 250 g/mol. The van der Waals surface area contributed by atoms with Crippen LogP contribution in [0.3, 0.4) is 0 Å². The van der Waals surface area contributed by atoms with Crippen LogP contribution in [0, 0.1) is 17.2 Å². The minimum atomic E-state index is 0.0536. The number of nitrogens with one attached hydrogen (secondary N) is 1. The van der Waals surface area contributed by atoms with Gasteiger partial charge in [0.1, 0.15) is 0 Å². The van der Waals surface area contributed by atoms with Gasteiger partial charge in [-0.1, -0.05) is 0 Å². The molecular formula is C13H15ClN2O. The molecule has 1 aromatic heterocycles. The number of halogens is 1. The summed E-state index contributed by atoms with van der Waals surface area (Å²) in [5.74, 6) is 0.707. The highest BCUT2D eigenvalue weighted by Crippen LogP contribution is 2.28. The van der Waals surface area contributed by atoms with E-state index in [1.54, 1.807) is 6.20 Å². The molecule has 2 rings (SSSR count). The molecule has 1 aromatic rings. The number of carbonyl (C=O) groups is 1. The Bertz CT molecular complexity index is 458. The van der Waals surface area contributed by atoms with Crippen LogP contribution in [0.4, 0.5) is 0 Å². The molecule has 0 amide bonds. The van der Waals surface area contributed by atoms with Gasteiger partial charge in [0.05, 0.1) is 12.0 Å². The van der Waals surface area contributed by atoms with E-state index in [0.29, 0.717) is 25.1 Å². The second kappa shape index (κ2) is 5.37. The Kier molecular flexibility index (Phi) is 3.86. The maximum atomic E-state index is 12.0. The van der Waals surface area contributed by atoms with Crippen molar-refractivity contribution in [1.82, 2.24) is 4.98 Å². The second-order valence-electron chi connectivity index (χ2n) is 4.44. The fourth-order valence-corrected chi connectivity index (χ4v) is 2.47. The van der Waals surface area contributed by atoms with Crippen molar-refractivity contribution in [3.05, 3.63) is 23.0 Å². The topological polar surface area (TPSA) is 56.6 Å². The first-order valence-corrected chi connectivity index (χ1v) is 6.47. The fourth-order valence-electron chi connectivity index (χ4n) is 2.34. The van der Waals surface area contributed by atoms with Crippen LogP contribution in [0.15, 0.2) is 6.20 Å². The summed E-state index contributed by atoms with van der Waals surface area (Å²) in [6.07, 6.45) is 5.46. The van der Waals surface area contributed by atoms with Crippen LogP contribution >= 0.6 is 11.6 Å². The smallest absolute Gasteiger partial charge is 0.164 e. The van der Waals surface area contributed by atoms with Crippen LogP contribution in [0.25, 0.3) is 0 Å². The van der Waals surface area contributed by atoms with Crippen molar-refractivity contribution < 1.29 is 4.79 Å². The molecule has 0 fully saturated rings. The van der Waals surface area contributed by atoms with Crippen molar-refractivity contribution in [2.24, 2.45) is 5.92 Å². The lowest BCUT2D eigenvalue weighted by atomic mass is 9.86. The predicted molar refractivity (Wildman–Crippen MR) is 66.2 cm³/mol. The molecule has 0 aromatic carbocycles. The first kappa shape index (κ1) is 12.2. The maximum absolute atomic E-state index is 12.0. The summed E-state index contributed by atoms with van der Waals surface area (Å²) in [5, 5.41) is 8.96. The molecule has 4 heteroatoms. The van der Waals surface area contributed by atoms with Crippen molar-refractivity contribution in [3.8, 4) is 6.07 Å². The Morgan fingerprint density at radius 1 is 1.65 bits per heavy atom. The number of hydrogen-bond acceptors (Lipinski definition) is 2. The molecule has 17 heavy (non-hydrogen) atoms. The van der Waals surface area contributed by atoms with E-state index < -0.39 is 0 Å². The van der Waals surface area contributed by atoms with Gasteiger partial charge in [-0.05, 0) is 31.2 Å². The van der Waals surface area contributed by atoms with Crippen LogP contribution in [0.5, 0.6) is 0 Å². The van der Waals surface area contributed by atoms with Crippen LogP contribution in [-0.4, -0.2) is 16.6 Å². The van der Waals surface area contributed by atoms with Crippen LogP contribution in [0.2, 0.25) is 0 Å². The van der Waals surface area contributed by atoms with Gasteiger partial charge in [-0.3, -0.25) is 4.79 Å². The number of fused-ring (bicyclic) bond motifs is 1. The molecule has 0 saturated carbocycles. The number of aromatic amines is 1. The molecule has 0 radical (unpaired) electrons. The molecule has 3 nitrogen and oxygen atoms in total. The van der Waals surface area contributed by atoms with Gasteiger partial charge in [0.25, 0.3) is 0 Å². The number of hydrogen-bond donors (Lipinski definition) is 1. The van der Waals surface area contributed by atoms with E-state index in [4.69, 9.17) is 16.9 Å². The number of Topliss-reactive ketones (excluding diaryl/α,β-unsaturated/α-hetero) is 1. The molecule has 1 aliphatic carbocycles. The summed E-state index contributed by atoms with van der Waals surface area (Å²) in [7, 11) is 0. The zero-order valence-electron chi connectivity index (χ0n) is 9.63. The number of alkyl halides is 1. The number of carbonyl (C=O) groups excluding carboxylic acids is 1. The Balaban J connectivity index is 2.18. The van der Waals surface area contributed by atoms with Crippen molar-refractivity contribution >= 4 is 17.4 Å². The lowest BCUT2D eigenvalue weighted by molar-refractivity contribution is 0.0981. The molecule has 1 unspecified atom stereocenters. The first-order chi connectivity index (χ1) is 8.26. The largest absolute Gasteiger partial charge is 0.364 e. The van der Waals surface area contributed by atoms with Gasteiger partial charge >= 0.3 is 0 Å². The first-order valence-electron chi connectivity index (χ1n) is 5.94. The van der Waals surface area contributed by atoms with E-state index >= 15 is 0 Å². The van der Waals surface area contributed by atoms with Crippen molar-refractivity contribution in [2.45, 2.75) is 32.1 Å². The van der Waals surface area contributed by atoms with Gasteiger partial charge in [0.15, 0.2) is 5.78 Å². The summed E-state index contributed by atoms with van der Waals surface area (Å²) in [6, 6.07) is 2.30. The van der Waals surface area contributed by atoms with E-state index in [0.717, 1.165) is 29.7 Å². The lowest BCUT2D eigenvalue weighted by Crippen LogP contribution is -2.14. The Labute approximate surface area is 106 Å². The summed E-state index contributed by atoms with van der Waals surface area (Å²) in [5.41, 5.74) is 2.96. The molecule has 0 saturated heterocycles. The zero-order chi connectivity index (χ0) is 12.3. The quantitative estimate of drug-likeness (QED) is 0.660. The molecule has 1 heterocycles. The van der Waals surface area contributed by atoms with Crippen molar-refractivity contribution in [1.29, 1.82) is 5.26 Å². The number of rotatable bonds is 4. The molecule has 0 aliphatic heterocycles. The minimum absolute atomic E-state index is 0.0536. The molecule has 1 atom stereocenters. The fraction of sp³-hybridized carbons (Fsp3) is 0.538. The van der Waals surface area contributed by atoms with Crippen LogP contribution in [-0.2, 0) is 12.8 Å². The van der Waals surface area contributed by atoms with E-state index in [1.165, 1.54) is 0 Å². The van der Waals surface area contributed by atoms with E-state index in [1.807, 2.05) is 0 Å². The van der Waals surface area contributed by atoms with Gasteiger partial charge in [-0.2, -0.15) is 5.26 Å². The molecule has 1 N–H and O–H groups in total. The standard InChI is InChI=1S/C13H15ClN2O/c14-5-1-2-13(17)11-8-16-12-4-3-9(7-15)6-10(11)12/h8-9,16H,1-6H2. The molecule has 1 aliphatic rings. The second-order valence-corrected chi connectivity index (χ2v) is 4.82. The third-order valence-electron chi connectivity index (χ3n) is 3.29. The Hall–Kier alpha value is -1.27. The third-order valence-corrected chi connectivity index (χ3v) is 3.56. The third kappa shape index (κ3) is 2.53. The van der Waals surface area contributed by atoms with Gasteiger partial charge in [-0.25, -0.2) is 0 Å². The van der Waals surface area contributed by atoms with Gasteiger partial charge in [-0.15, -0.1) is 11.6 Å². The average molecular weight is 251 g/mol. The van der Waals surface area contributed by atoms with Gasteiger partial charge < -0.3 is 4.98 Å². The summed E-state index contributed by atoms with van der Waals surface area (Å²) in [4.78, 5) is 15.1. The Morgan fingerprint density at radius 3 is 3.18 bits per heavy atom. The summed E-state index contributed by atoms with van der Waals surface area (Å²) < 4.78 is 0. The van der Waals surface area contributed by atoms with E-state index in [-0.39, 0.29) is 11.7 Å². The van der Waals surface area contributed by atoms with Crippen molar-refractivity contribution in [2.75, 3.05) is 5.88 Å². The molecule has 0 bridgehead atoms. The lowest BCUT2D eigenvalue weighted by Gasteiger charge is -2.17. The number of ketones is 1. The number of aryl methyl sites for hydroxylation is 1. The van der Waals surface area contributed by atoms with Crippen molar-refractivity contribution in [3.63, 3.8) is 0 Å². The molecular weight excluding hydrogens is 236 g/mol. The molecule has 90 valence electrons. The number of aromatic nitrogens is 1. The Morgan fingerprint density at radius 2 is 2.47 bits per heavy atom. The maximum Gasteiger partial charge on any atom is 0.164 e. The average Bonchev–Trinajstić information content (AvgIpc) is 2.78. The number of nitriles is 1. The molecule has 0 spiro atoms. The summed E-state index contributed by atoms with van der Waals surface area (Å²) >= 11 is 5.59. The summed E-state index contributed by atoms with van der Waals surface area (Å²) in [6.45, 7) is 0. The predicted octanol–water partition coefficient (Wildman–Crippen LogP) is 2.84. The highest BCUT2D eigenvalue weighted by atomic mass is 35.5.